The molecular weight excluding hydrogens is 350 g/mol. The standard InChI is InChI=1S/C19H20ClN5O/c1-2-26-17-6-4-3-5-14(17)16-11-15(12-7-9-13(20)10-8-12)22-19-23-18(21)24-25(16)19/h3-10,15-16H,2,11H2,1H3,(H3,21,22,23,24)/t15-,16+/m0/s1. The first kappa shape index (κ1) is 16.7. The van der Waals surface area contributed by atoms with E-state index in [-0.39, 0.29) is 18.0 Å². The van der Waals surface area contributed by atoms with Crippen molar-refractivity contribution < 1.29 is 4.74 Å². The van der Waals surface area contributed by atoms with Crippen molar-refractivity contribution in [2.45, 2.75) is 25.4 Å². The molecule has 134 valence electrons. The molecule has 0 bridgehead atoms. The minimum atomic E-state index is -0.0283. The Bertz CT molecular complexity index is 909. The zero-order chi connectivity index (χ0) is 18.1. The van der Waals surface area contributed by atoms with Gasteiger partial charge in [-0.1, -0.05) is 41.9 Å². The first-order valence-corrected chi connectivity index (χ1v) is 8.99. The normalized spacial score (nSPS) is 18.8. The van der Waals surface area contributed by atoms with Gasteiger partial charge in [-0.05, 0) is 37.1 Å². The highest BCUT2D eigenvalue weighted by atomic mass is 35.5. The molecule has 0 fully saturated rings. The van der Waals surface area contributed by atoms with Crippen molar-refractivity contribution in [2.24, 2.45) is 0 Å². The summed E-state index contributed by atoms with van der Waals surface area (Å²) in [6.45, 7) is 2.59. The van der Waals surface area contributed by atoms with Gasteiger partial charge in [0.2, 0.25) is 11.9 Å². The maximum Gasteiger partial charge on any atom is 0.241 e. The van der Waals surface area contributed by atoms with Crippen LogP contribution in [0.2, 0.25) is 5.02 Å². The molecule has 0 unspecified atom stereocenters. The Labute approximate surface area is 156 Å². The van der Waals surface area contributed by atoms with Crippen LogP contribution in [0, 0.1) is 0 Å². The molecule has 2 heterocycles. The summed E-state index contributed by atoms with van der Waals surface area (Å²) in [5.74, 6) is 1.77. The number of hydrogen-bond donors (Lipinski definition) is 2. The number of anilines is 2. The summed E-state index contributed by atoms with van der Waals surface area (Å²) in [7, 11) is 0. The van der Waals surface area contributed by atoms with Crippen molar-refractivity contribution in [2.75, 3.05) is 17.7 Å². The van der Waals surface area contributed by atoms with E-state index in [1.807, 2.05) is 54.1 Å². The van der Waals surface area contributed by atoms with Gasteiger partial charge in [-0.3, -0.25) is 0 Å². The fraction of sp³-hybridized carbons (Fsp3) is 0.263. The van der Waals surface area contributed by atoms with E-state index in [1.54, 1.807) is 0 Å². The van der Waals surface area contributed by atoms with Gasteiger partial charge in [0.25, 0.3) is 0 Å². The molecule has 4 rings (SSSR count). The van der Waals surface area contributed by atoms with Gasteiger partial charge in [0.1, 0.15) is 5.75 Å². The van der Waals surface area contributed by atoms with Crippen molar-refractivity contribution in [3.8, 4) is 5.75 Å². The number of nitrogens with one attached hydrogen (secondary N) is 1. The number of nitrogens with two attached hydrogens (primary N) is 1. The smallest absolute Gasteiger partial charge is 0.241 e. The Morgan fingerprint density at radius 3 is 2.77 bits per heavy atom. The monoisotopic (exact) mass is 369 g/mol. The quantitative estimate of drug-likeness (QED) is 0.725. The van der Waals surface area contributed by atoms with Crippen LogP contribution in [0.3, 0.4) is 0 Å². The number of para-hydroxylation sites is 1. The average Bonchev–Trinajstić information content (AvgIpc) is 3.02. The van der Waals surface area contributed by atoms with Gasteiger partial charge in [-0.25, -0.2) is 4.68 Å². The molecule has 0 radical (unpaired) electrons. The first-order chi connectivity index (χ1) is 12.7. The number of benzene rings is 2. The predicted octanol–water partition coefficient (Wildman–Crippen LogP) is 4.06. The Morgan fingerprint density at radius 1 is 1.23 bits per heavy atom. The summed E-state index contributed by atoms with van der Waals surface area (Å²) in [4.78, 5) is 4.35. The van der Waals surface area contributed by atoms with Crippen molar-refractivity contribution in [1.82, 2.24) is 14.8 Å². The summed E-state index contributed by atoms with van der Waals surface area (Å²) in [6, 6.07) is 15.9. The second kappa shape index (κ2) is 6.88. The first-order valence-electron chi connectivity index (χ1n) is 8.61. The SMILES string of the molecule is CCOc1ccccc1[C@H]1C[C@@H](c2ccc(Cl)cc2)Nc2nc(N)nn21. The highest BCUT2D eigenvalue weighted by molar-refractivity contribution is 6.30. The van der Waals surface area contributed by atoms with Crippen LogP contribution < -0.4 is 15.8 Å². The van der Waals surface area contributed by atoms with Crippen LogP contribution >= 0.6 is 11.6 Å². The largest absolute Gasteiger partial charge is 0.494 e. The molecule has 2 atom stereocenters. The lowest BCUT2D eigenvalue weighted by atomic mass is 9.93. The average molecular weight is 370 g/mol. The number of hydrogen-bond acceptors (Lipinski definition) is 5. The van der Waals surface area contributed by atoms with Crippen LogP contribution in [0.4, 0.5) is 11.9 Å². The predicted molar refractivity (Wildman–Crippen MR) is 103 cm³/mol. The van der Waals surface area contributed by atoms with Crippen LogP contribution in [-0.4, -0.2) is 21.4 Å². The molecule has 1 aromatic heterocycles. The number of rotatable bonds is 4. The van der Waals surface area contributed by atoms with E-state index >= 15 is 0 Å². The van der Waals surface area contributed by atoms with E-state index in [0.29, 0.717) is 12.6 Å². The van der Waals surface area contributed by atoms with Gasteiger partial charge in [0.15, 0.2) is 0 Å². The maximum atomic E-state index is 6.04. The number of nitrogens with zero attached hydrogens (tertiary/aromatic N) is 3. The third kappa shape index (κ3) is 3.08. The molecule has 0 saturated heterocycles. The minimum absolute atomic E-state index is 0.0283. The number of halogens is 1. The molecule has 0 spiro atoms. The third-order valence-corrected chi connectivity index (χ3v) is 4.81. The minimum Gasteiger partial charge on any atom is -0.494 e. The van der Waals surface area contributed by atoms with E-state index in [2.05, 4.69) is 21.5 Å². The number of aromatic nitrogens is 3. The van der Waals surface area contributed by atoms with E-state index in [0.717, 1.165) is 28.3 Å². The maximum absolute atomic E-state index is 6.04. The molecule has 6 nitrogen and oxygen atoms in total. The Morgan fingerprint density at radius 2 is 2.00 bits per heavy atom. The molecule has 7 heteroatoms. The number of ether oxygens (including phenoxy) is 1. The van der Waals surface area contributed by atoms with E-state index in [9.17, 15) is 0 Å². The van der Waals surface area contributed by atoms with Gasteiger partial charge in [0.05, 0.1) is 18.7 Å². The van der Waals surface area contributed by atoms with Crippen molar-refractivity contribution in [3.63, 3.8) is 0 Å². The van der Waals surface area contributed by atoms with Crippen molar-refractivity contribution >= 4 is 23.5 Å². The Hall–Kier alpha value is -2.73. The highest BCUT2D eigenvalue weighted by Crippen LogP contribution is 2.41. The fourth-order valence-corrected chi connectivity index (χ4v) is 3.54. The van der Waals surface area contributed by atoms with Crippen LogP contribution in [0.15, 0.2) is 48.5 Å². The lowest BCUT2D eigenvalue weighted by Crippen LogP contribution is -2.28. The third-order valence-electron chi connectivity index (χ3n) is 4.56. The van der Waals surface area contributed by atoms with Crippen molar-refractivity contribution in [3.05, 3.63) is 64.7 Å². The van der Waals surface area contributed by atoms with Crippen LogP contribution in [-0.2, 0) is 0 Å². The molecule has 3 N–H and O–H groups in total. The van der Waals surface area contributed by atoms with Crippen molar-refractivity contribution in [1.29, 1.82) is 0 Å². The summed E-state index contributed by atoms with van der Waals surface area (Å²) < 4.78 is 7.68. The summed E-state index contributed by atoms with van der Waals surface area (Å²) in [5.41, 5.74) is 8.08. The van der Waals surface area contributed by atoms with Gasteiger partial charge >= 0.3 is 0 Å². The van der Waals surface area contributed by atoms with E-state index in [4.69, 9.17) is 22.1 Å². The van der Waals surface area contributed by atoms with Crippen LogP contribution in [0.5, 0.6) is 5.75 Å². The van der Waals surface area contributed by atoms with Gasteiger partial charge < -0.3 is 15.8 Å². The highest BCUT2D eigenvalue weighted by Gasteiger charge is 2.32. The second-order valence-electron chi connectivity index (χ2n) is 6.21. The lowest BCUT2D eigenvalue weighted by Gasteiger charge is -2.32. The molecule has 1 aliphatic heterocycles. The topological polar surface area (TPSA) is 78.0 Å². The zero-order valence-corrected chi connectivity index (χ0v) is 15.1. The molecule has 0 saturated carbocycles. The molecular formula is C19H20ClN5O. The zero-order valence-electron chi connectivity index (χ0n) is 14.4. The molecule has 0 amide bonds. The molecule has 0 aliphatic carbocycles. The number of fused-ring (bicyclic) bond motifs is 1. The molecule has 1 aliphatic rings. The van der Waals surface area contributed by atoms with Gasteiger partial charge in [-0.2, -0.15) is 4.98 Å². The summed E-state index contributed by atoms with van der Waals surface area (Å²) in [6.07, 6.45) is 0.793. The lowest BCUT2D eigenvalue weighted by molar-refractivity contribution is 0.325. The fourth-order valence-electron chi connectivity index (χ4n) is 3.41. The molecule has 3 aromatic rings. The van der Waals surface area contributed by atoms with Gasteiger partial charge in [-0.15, -0.1) is 5.10 Å². The molecule has 2 aromatic carbocycles. The van der Waals surface area contributed by atoms with Crippen LogP contribution in [0.25, 0.3) is 0 Å². The molecule has 26 heavy (non-hydrogen) atoms. The summed E-state index contributed by atoms with van der Waals surface area (Å²) in [5, 5.41) is 8.54. The van der Waals surface area contributed by atoms with E-state index < -0.39 is 0 Å². The van der Waals surface area contributed by atoms with Gasteiger partial charge in [0, 0.05) is 10.6 Å². The van der Waals surface area contributed by atoms with Crippen LogP contribution in [0.1, 0.15) is 36.6 Å². The van der Waals surface area contributed by atoms with E-state index in [1.165, 1.54) is 0 Å². The Kier molecular flexibility index (Phi) is 4.42. The second-order valence-corrected chi connectivity index (χ2v) is 6.65. The summed E-state index contributed by atoms with van der Waals surface area (Å²) >= 11 is 6.04. The number of nitrogen functional groups attached to an aromatic ring is 1. The Balaban J connectivity index is 1.77.